The molecule has 0 amide bonds. The summed E-state index contributed by atoms with van der Waals surface area (Å²) in [7, 11) is 2.16. The Hall–Kier alpha value is -2.62. The predicted molar refractivity (Wildman–Crippen MR) is 138 cm³/mol. The normalized spacial score (nSPS) is 15.5. The monoisotopic (exact) mass is 442 g/mol. The molecule has 2 aromatic heterocycles. The van der Waals surface area contributed by atoms with Gasteiger partial charge in [-0.3, -0.25) is 0 Å². The minimum Gasteiger partial charge on any atom is -0.331 e. The minimum absolute atomic E-state index is 0.0526. The second-order valence-electron chi connectivity index (χ2n) is 11.7. The first-order valence-corrected chi connectivity index (χ1v) is 12.5. The van der Waals surface area contributed by atoms with E-state index < -0.39 is 0 Å². The van der Waals surface area contributed by atoms with Crippen molar-refractivity contribution in [1.82, 2.24) is 19.1 Å². The first kappa shape index (κ1) is 22.2. The summed E-state index contributed by atoms with van der Waals surface area (Å²) in [5, 5.41) is 0. The van der Waals surface area contributed by atoms with Gasteiger partial charge in [-0.1, -0.05) is 46.8 Å². The van der Waals surface area contributed by atoms with Crippen LogP contribution in [0.2, 0.25) is 0 Å². The maximum absolute atomic E-state index is 4.98. The van der Waals surface area contributed by atoms with Crippen LogP contribution < -0.4 is 0 Å². The number of fused-ring (bicyclic) bond motifs is 2. The van der Waals surface area contributed by atoms with E-state index in [0.717, 1.165) is 35.5 Å². The fourth-order valence-corrected chi connectivity index (χ4v) is 5.24. The maximum atomic E-state index is 4.98. The smallest absolute Gasteiger partial charge is 0.109 e. The lowest BCUT2D eigenvalue weighted by Crippen LogP contribution is -2.19. The van der Waals surface area contributed by atoms with Crippen molar-refractivity contribution in [2.75, 3.05) is 0 Å². The average Bonchev–Trinajstić information content (AvgIpc) is 3.20. The van der Waals surface area contributed by atoms with E-state index in [2.05, 4.69) is 94.1 Å². The van der Waals surface area contributed by atoms with Crippen LogP contribution in [0.25, 0.3) is 22.1 Å². The van der Waals surface area contributed by atoms with Gasteiger partial charge in [0.25, 0.3) is 0 Å². The van der Waals surface area contributed by atoms with E-state index in [9.17, 15) is 0 Å². The highest BCUT2D eigenvalue weighted by Crippen LogP contribution is 2.37. The number of nitrogens with zero attached hydrogens (tertiary/aromatic N) is 4. The van der Waals surface area contributed by atoms with Crippen molar-refractivity contribution in [3.63, 3.8) is 0 Å². The van der Waals surface area contributed by atoms with Crippen LogP contribution in [-0.2, 0) is 24.3 Å². The van der Waals surface area contributed by atoms with Crippen molar-refractivity contribution in [3.05, 3.63) is 59.2 Å². The van der Waals surface area contributed by atoms with E-state index >= 15 is 0 Å². The third-order valence-corrected chi connectivity index (χ3v) is 7.90. The summed E-state index contributed by atoms with van der Waals surface area (Å²) in [4.78, 5) is 9.91. The molecule has 1 saturated carbocycles. The number of aryl methyl sites for hydroxylation is 3. The van der Waals surface area contributed by atoms with Crippen LogP contribution in [-0.4, -0.2) is 19.1 Å². The summed E-state index contributed by atoms with van der Waals surface area (Å²) in [5.41, 5.74) is 7.67. The number of hydrogen-bond donors (Lipinski definition) is 0. The quantitative estimate of drug-likeness (QED) is 0.328. The zero-order chi connectivity index (χ0) is 23.5. The molecule has 4 heteroatoms. The molecular weight excluding hydrogens is 404 g/mol. The Bertz CT molecular complexity index is 1330. The highest BCUT2D eigenvalue weighted by molar-refractivity contribution is 5.78. The highest BCUT2D eigenvalue weighted by Gasteiger charge is 2.26. The van der Waals surface area contributed by atoms with Crippen molar-refractivity contribution >= 4 is 22.1 Å². The Morgan fingerprint density at radius 1 is 0.879 bits per heavy atom. The Balaban J connectivity index is 1.39. The highest BCUT2D eigenvalue weighted by atomic mass is 15.1. The van der Waals surface area contributed by atoms with Gasteiger partial charge in [-0.2, -0.15) is 0 Å². The molecule has 1 fully saturated rings. The van der Waals surface area contributed by atoms with Gasteiger partial charge >= 0.3 is 0 Å². The zero-order valence-electron chi connectivity index (χ0n) is 21.4. The Morgan fingerprint density at radius 3 is 2.27 bits per heavy atom. The summed E-state index contributed by atoms with van der Waals surface area (Å²) in [6, 6.07) is 14.3. The Morgan fingerprint density at radius 2 is 1.61 bits per heavy atom. The largest absolute Gasteiger partial charge is 0.331 e. The molecule has 0 spiro atoms. The van der Waals surface area contributed by atoms with Gasteiger partial charge in [0, 0.05) is 19.5 Å². The van der Waals surface area contributed by atoms with Crippen molar-refractivity contribution in [1.29, 1.82) is 0 Å². The molecule has 1 aliphatic carbocycles. The average molecular weight is 443 g/mol. The van der Waals surface area contributed by atoms with Crippen LogP contribution in [0.5, 0.6) is 0 Å². The molecule has 1 aliphatic rings. The third kappa shape index (κ3) is 3.88. The Kier molecular flexibility index (Phi) is 5.19. The number of imidazole rings is 2. The molecule has 2 aromatic carbocycles. The van der Waals surface area contributed by atoms with Gasteiger partial charge in [0.1, 0.15) is 11.6 Å². The van der Waals surface area contributed by atoms with Crippen LogP contribution in [0.15, 0.2) is 36.4 Å². The molecular formula is C29H38N4. The van der Waals surface area contributed by atoms with E-state index in [4.69, 9.17) is 9.97 Å². The maximum Gasteiger partial charge on any atom is 0.109 e. The Labute approximate surface area is 198 Å². The van der Waals surface area contributed by atoms with Gasteiger partial charge in [0.2, 0.25) is 0 Å². The van der Waals surface area contributed by atoms with E-state index in [1.54, 1.807) is 0 Å². The fraction of sp³-hybridized carbons (Fsp3) is 0.517. The van der Waals surface area contributed by atoms with Crippen molar-refractivity contribution < 1.29 is 0 Å². The van der Waals surface area contributed by atoms with Crippen molar-refractivity contribution in [2.45, 2.75) is 90.5 Å². The summed E-state index contributed by atoms with van der Waals surface area (Å²) < 4.78 is 4.74. The van der Waals surface area contributed by atoms with E-state index in [0.29, 0.717) is 6.04 Å². The van der Waals surface area contributed by atoms with Crippen LogP contribution in [0.4, 0.5) is 0 Å². The number of hydrogen-bond acceptors (Lipinski definition) is 2. The minimum atomic E-state index is 0.0526. The standard InChI is InChI=1S/C29H38N4/c1-19-30-24-17-21(12-14-25(24)33(19)22-9-8-10-22)29(5,6)16-15-27-31-23-13-11-20(28(2,3)4)18-26(23)32(27)7/h11-14,17-18,22H,8-10,15-16H2,1-7H3. The molecule has 0 radical (unpaired) electrons. The first-order chi connectivity index (χ1) is 15.5. The van der Waals surface area contributed by atoms with Crippen LogP contribution >= 0.6 is 0 Å². The third-order valence-electron chi connectivity index (χ3n) is 7.90. The SMILES string of the molecule is Cc1nc2cc(C(C)(C)CCc3nc4ccc(C(C)(C)C)cc4n3C)ccc2n1C1CCC1. The molecule has 0 N–H and O–H groups in total. The van der Waals surface area contributed by atoms with Gasteiger partial charge < -0.3 is 9.13 Å². The van der Waals surface area contributed by atoms with E-state index in [-0.39, 0.29) is 10.8 Å². The van der Waals surface area contributed by atoms with Gasteiger partial charge in [0.05, 0.1) is 22.1 Å². The van der Waals surface area contributed by atoms with Crippen LogP contribution in [0.1, 0.15) is 89.1 Å². The van der Waals surface area contributed by atoms with Crippen molar-refractivity contribution in [2.24, 2.45) is 7.05 Å². The number of aromatic nitrogens is 4. The molecule has 4 aromatic rings. The lowest BCUT2D eigenvalue weighted by atomic mass is 9.80. The fourth-order valence-electron chi connectivity index (χ4n) is 5.24. The summed E-state index contributed by atoms with van der Waals surface area (Å²) in [6.45, 7) is 13.7. The second kappa shape index (κ2) is 7.72. The van der Waals surface area contributed by atoms with Gasteiger partial charge in [-0.25, -0.2) is 9.97 Å². The van der Waals surface area contributed by atoms with Gasteiger partial charge in [0.15, 0.2) is 0 Å². The van der Waals surface area contributed by atoms with Crippen LogP contribution in [0, 0.1) is 6.92 Å². The molecule has 33 heavy (non-hydrogen) atoms. The number of rotatable bonds is 5. The molecule has 0 bridgehead atoms. The summed E-state index contributed by atoms with van der Waals surface area (Å²) >= 11 is 0. The van der Waals surface area contributed by atoms with E-state index in [1.807, 2.05) is 0 Å². The summed E-state index contributed by atoms with van der Waals surface area (Å²) in [5.74, 6) is 2.31. The van der Waals surface area contributed by atoms with E-state index in [1.165, 1.54) is 41.4 Å². The zero-order valence-corrected chi connectivity index (χ0v) is 21.4. The molecule has 0 unspecified atom stereocenters. The van der Waals surface area contributed by atoms with Crippen molar-refractivity contribution in [3.8, 4) is 0 Å². The molecule has 5 rings (SSSR count). The predicted octanol–water partition coefficient (Wildman–Crippen LogP) is 7.16. The molecule has 4 nitrogen and oxygen atoms in total. The van der Waals surface area contributed by atoms with Gasteiger partial charge in [-0.15, -0.1) is 0 Å². The van der Waals surface area contributed by atoms with Gasteiger partial charge in [-0.05, 0) is 78.8 Å². The van der Waals surface area contributed by atoms with Crippen LogP contribution in [0.3, 0.4) is 0 Å². The summed E-state index contributed by atoms with van der Waals surface area (Å²) in [6.07, 6.45) is 5.92. The first-order valence-electron chi connectivity index (χ1n) is 12.5. The topological polar surface area (TPSA) is 35.6 Å². The molecule has 0 atom stereocenters. The lowest BCUT2D eigenvalue weighted by Gasteiger charge is -2.29. The number of benzene rings is 2. The molecule has 174 valence electrons. The molecule has 2 heterocycles. The lowest BCUT2D eigenvalue weighted by molar-refractivity contribution is 0.316. The second-order valence-corrected chi connectivity index (χ2v) is 11.7. The molecule has 0 aliphatic heterocycles. The molecule has 0 saturated heterocycles.